The van der Waals surface area contributed by atoms with E-state index < -0.39 is 27.5 Å². The standard InChI is InChI=1S/C23H23F2N3O3S.C21H14FN7O/c24-20-10-16(7-8-18(20)17-11-21(25)23(26)27-12-17)19-5-1-2-6-22(19)32(30,31)28-9-3-4-15(13-28)14-29;22-15-9-12(5-6-14(15)20-16(10-23)28-19(25)11-27-20)13-3-1-2-4-17(13)30-21-26-8-7-18(24)29-21/h1-2,5-8,10-12,15,29H,3-4,9,13-14H2,(H2,26,27);1-9,11H,(H2,25,28)(H2,24,26,29). The number of para-hydroxylation sites is 1. The molecule has 4 heterocycles. The highest BCUT2D eigenvalue weighted by Crippen LogP contribution is 2.36. The maximum absolute atomic E-state index is 15.0. The molecule has 1 aliphatic rings. The molecule has 62 heavy (non-hydrogen) atoms. The van der Waals surface area contributed by atoms with Crippen LogP contribution in [0.3, 0.4) is 0 Å². The number of hydrogen-bond acceptors (Lipinski definition) is 13. The molecule has 8 rings (SSSR count). The molecule has 0 amide bonds. The van der Waals surface area contributed by atoms with Gasteiger partial charge in [0, 0.05) is 59.9 Å². The maximum atomic E-state index is 15.0. The molecule has 0 radical (unpaired) electrons. The van der Waals surface area contributed by atoms with Crippen LogP contribution in [-0.4, -0.2) is 62.4 Å². The Kier molecular flexibility index (Phi) is 12.7. The van der Waals surface area contributed by atoms with Crippen molar-refractivity contribution in [2.75, 3.05) is 36.9 Å². The minimum Gasteiger partial charge on any atom is -0.424 e. The molecule has 18 heteroatoms. The average molecular weight is 859 g/mol. The molecule has 14 nitrogen and oxygen atoms in total. The van der Waals surface area contributed by atoms with Crippen molar-refractivity contribution in [3.05, 3.63) is 139 Å². The van der Waals surface area contributed by atoms with Gasteiger partial charge in [-0.05, 0) is 72.4 Å². The minimum atomic E-state index is -3.84. The number of nitrogens with two attached hydrogens (primary N) is 3. The summed E-state index contributed by atoms with van der Waals surface area (Å²) in [6.45, 7) is 0.549. The number of nitriles is 1. The summed E-state index contributed by atoms with van der Waals surface area (Å²) in [5.41, 5.74) is 19.1. The molecular weight excluding hydrogens is 822 g/mol. The van der Waals surface area contributed by atoms with E-state index in [-0.39, 0.29) is 75.5 Å². The summed E-state index contributed by atoms with van der Waals surface area (Å²) in [5.74, 6) is -1.54. The van der Waals surface area contributed by atoms with Crippen LogP contribution in [0.4, 0.5) is 30.6 Å². The molecule has 0 saturated carbocycles. The molecule has 7 aromatic rings. The average Bonchev–Trinajstić information content (AvgIpc) is 3.28. The second-order valence-electron chi connectivity index (χ2n) is 14.0. The zero-order valence-electron chi connectivity index (χ0n) is 32.7. The smallest absolute Gasteiger partial charge is 0.323 e. The van der Waals surface area contributed by atoms with E-state index in [0.717, 1.165) is 12.5 Å². The van der Waals surface area contributed by atoms with E-state index in [2.05, 4.69) is 24.9 Å². The fraction of sp³-hybridized carbons (Fsp3) is 0.136. The van der Waals surface area contributed by atoms with Gasteiger partial charge in [-0.2, -0.15) is 14.6 Å². The molecule has 1 atom stereocenters. The third kappa shape index (κ3) is 9.29. The summed E-state index contributed by atoms with van der Waals surface area (Å²) >= 11 is 0. The summed E-state index contributed by atoms with van der Waals surface area (Å²) in [7, 11) is -3.84. The van der Waals surface area contributed by atoms with E-state index >= 15 is 0 Å². The third-order valence-electron chi connectivity index (χ3n) is 9.88. The molecule has 1 aliphatic heterocycles. The molecule has 314 valence electrons. The highest BCUT2D eigenvalue weighted by atomic mass is 32.2. The van der Waals surface area contributed by atoms with E-state index in [1.165, 1.54) is 53.2 Å². The van der Waals surface area contributed by atoms with Crippen molar-refractivity contribution >= 4 is 27.5 Å². The monoisotopic (exact) mass is 858 g/mol. The number of aliphatic hydroxyl groups excluding tert-OH is 1. The van der Waals surface area contributed by atoms with Gasteiger partial charge in [0.05, 0.1) is 11.1 Å². The van der Waals surface area contributed by atoms with E-state index in [9.17, 15) is 32.0 Å². The fourth-order valence-electron chi connectivity index (χ4n) is 6.82. The summed E-state index contributed by atoms with van der Waals surface area (Å²) < 4.78 is 77.6. The number of nitrogens with zero attached hydrogens (tertiary/aromatic N) is 7. The van der Waals surface area contributed by atoms with Crippen molar-refractivity contribution in [2.45, 2.75) is 17.7 Å². The number of anilines is 3. The van der Waals surface area contributed by atoms with Crippen LogP contribution in [0.25, 0.3) is 44.6 Å². The molecule has 0 aliphatic carbocycles. The predicted molar refractivity (Wildman–Crippen MR) is 227 cm³/mol. The second-order valence-corrected chi connectivity index (χ2v) is 15.9. The fourth-order valence-corrected chi connectivity index (χ4v) is 8.59. The summed E-state index contributed by atoms with van der Waals surface area (Å²) in [6, 6.07) is 26.9. The molecule has 4 aromatic carbocycles. The van der Waals surface area contributed by atoms with Crippen molar-refractivity contribution in [1.82, 2.24) is 29.2 Å². The number of hydrogen-bond donors (Lipinski definition) is 4. The maximum Gasteiger partial charge on any atom is 0.323 e. The lowest BCUT2D eigenvalue weighted by atomic mass is 10.0. The Labute approximate surface area is 354 Å². The van der Waals surface area contributed by atoms with Crippen molar-refractivity contribution in [1.29, 1.82) is 5.26 Å². The first kappa shape index (κ1) is 42.7. The Balaban J connectivity index is 0.000000187. The number of piperidine rings is 1. The number of sulfonamides is 1. The Morgan fingerprint density at radius 1 is 0.758 bits per heavy atom. The first-order valence-electron chi connectivity index (χ1n) is 19.0. The van der Waals surface area contributed by atoms with Gasteiger partial charge in [-0.1, -0.05) is 54.6 Å². The van der Waals surface area contributed by atoms with Crippen LogP contribution in [0.5, 0.6) is 11.8 Å². The van der Waals surface area contributed by atoms with Gasteiger partial charge in [0.1, 0.15) is 40.8 Å². The van der Waals surface area contributed by atoms with Crippen molar-refractivity contribution < 1.29 is 31.4 Å². The van der Waals surface area contributed by atoms with Crippen molar-refractivity contribution in [3.8, 4) is 62.5 Å². The molecular formula is C44H37F3N10O4S. The largest absolute Gasteiger partial charge is 0.424 e. The molecule has 7 N–H and O–H groups in total. The molecule has 1 saturated heterocycles. The lowest BCUT2D eigenvalue weighted by Gasteiger charge is -2.31. The number of pyridine rings is 1. The molecule has 1 fully saturated rings. The van der Waals surface area contributed by atoms with Crippen LogP contribution < -0.4 is 21.9 Å². The van der Waals surface area contributed by atoms with Crippen LogP contribution in [0.1, 0.15) is 18.5 Å². The predicted octanol–water partition coefficient (Wildman–Crippen LogP) is 7.24. The van der Waals surface area contributed by atoms with E-state index in [4.69, 9.17) is 21.9 Å². The lowest BCUT2D eigenvalue weighted by molar-refractivity contribution is 0.165. The molecule has 1 unspecified atom stereocenters. The summed E-state index contributed by atoms with van der Waals surface area (Å²) in [5, 5.41) is 18.7. The van der Waals surface area contributed by atoms with Gasteiger partial charge in [0.15, 0.2) is 17.3 Å². The van der Waals surface area contributed by atoms with Gasteiger partial charge in [0.2, 0.25) is 10.0 Å². The second kappa shape index (κ2) is 18.4. The van der Waals surface area contributed by atoms with Crippen LogP contribution in [-0.2, 0) is 10.0 Å². The third-order valence-corrected chi connectivity index (χ3v) is 11.8. The van der Waals surface area contributed by atoms with E-state index in [0.29, 0.717) is 41.0 Å². The summed E-state index contributed by atoms with van der Waals surface area (Å²) in [6.07, 6.45) is 5.48. The van der Waals surface area contributed by atoms with Gasteiger partial charge in [-0.25, -0.2) is 41.5 Å². The molecule has 0 bridgehead atoms. The topological polar surface area (TPSA) is 233 Å². The van der Waals surface area contributed by atoms with Crippen LogP contribution >= 0.6 is 0 Å². The number of halogens is 3. The van der Waals surface area contributed by atoms with Crippen LogP contribution in [0.15, 0.2) is 121 Å². The number of nitrogen functional groups attached to an aromatic ring is 3. The first-order chi connectivity index (χ1) is 29.9. The molecule has 0 spiro atoms. The normalized spacial score (nSPS) is 14.0. The van der Waals surface area contributed by atoms with Gasteiger partial charge in [-0.15, -0.1) is 0 Å². The van der Waals surface area contributed by atoms with Gasteiger partial charge in [-0.3, -0.25) is 0 Å². The van der Waals surface area contributed by atoms with Gasteiger partial charge >= 0.3 is 6.01 Å². The Morgan fingerprint density at radius 2 is 1.44 bits per heavy atom. The quantitative estimate of drug-likeness (QED) is 0.112. The highest BCUT2D eigenvalue weighted by molar-refractivity contribution is 7.89. The van der Waals surface area contributed by atoms with Crippen LogP contribution in [0, 0.1) is 34.7 Å². The van der Waals surface area contributed by atoms with Gasteiger partial charge < -0.3 is 27.0 Å². The number of rotatable bonds is 9. The Morgan fingerprint density at radius 3 is 2.13 bits per heavy atom. The van der Waals surface area contributed by atoms with Crippen LogP contribution in [0.2, 0.25) is 0 Å². The van der Waals surface area contributed by atoms with E-state index in [1.807, 2.05) is 6.07 Å². The van der Waals surface area contributed by atoms with Crippen molar-refractivity contribution in [2.24, 2.45) is 5.92 Å². The summed E-state index contributed by atoms with van der Waals surface area (Å²) in [4.78, 5) is 19.8. The highest BCUT2D eigenvalue weighted by Gasteiger charge is 2.32. The Hall–Kier alpha value is -7.46. The minimum absolute atomic E-state index is 0.0517. The number of aromatic nitrogens is 5. The SMILES string of the molecule is N#Cc1nc(N)cnc1-c1ccc(-c2ccccc2Oc2nccc(N)n2)cc1F.Nc1ncc(-c2ccc(-c3ccccc3S(=O)(=O)N3CCCC(CO)C3)cc2F)cc1F. The number of ether oxygens (including phenoxy) is 1. The van der Waals surface area contributed by atoms with Crippen molar-refractivity contribution in [3.63, 3.8) is 0 Å². The lowest BCUT2D eigenvalue weighted by Crippen LogP contribution is -2.41. The number of benzene rings is 4. The van der Waals surface area contributed by atoms with E-state index in [1.54, 1.807) is 60.7 Å². The van der Waals surface area contributed by atoms with Gasteiger partial charge in [0.25, 0.3) is 0 Å². The zero-order valence-corrected chi connectivity index (χ0v) is 33.5. The number of aliphatic hydroxyl groups is 1. The first-order valence-corrected chi connectivity index (χ1v) is 20.4. The molecule has 3 aromatic heterocycles. The zero-order chi connectivity index (χ0) is 44.0. The Bertz CT molecular complexity index is 2940.